The first kappa shape index (κ1) is 35.6. The Kier molecular flexibility index (Phi) is 22.7. The van der Waals surface area contributed by atoms with Crippen LogP contribution in [0.25, 0.3) is 0 Å². The fraction of sp³-hybridized carbons (Fsp3) is 0.769. The summed E-state index contributed by atoms with van der Waals surface area (Å²) < 4.78 is 2.52. The first-order valence-electron chi connectivity index (χ1n) is 18.4. The second-order valence-corrected chi connectivity index (χ2v) is 12.9. The zero-order valence-corrected chi connectivity index (χ0v) is 27.7. The van der Waals surface area contributed by atoms with E-state index >= 15 is 0 Å². The summed E-state index contributed by atoms with van der Waals surface area (Å²) in [5.41, 5.74) is 2.76. The Balaban J connectivity index is 1.55. The van der Waals surface area contributed by atoms with Crippen molar-refractivity contribution in [3.05, 3.63) is 53.6 Å². The number of benzene rings is 1. The smallest absolute Gasteiger partial charge is 0.108 e. The van der Waals surface area contributed by atoms with Crippen LogP contribution in [0, 0.1) is 0 Å². The molecule has 2 heteroatoms. The fourth-order valence-corrected chi connectivity index (χ4v) is 6.22. The molecule has 1 aromatic heterocycles. The molecule has 2 nitrogen and oxygen atoms in total. The van der Waals surface area contributed by atoms with E-state index in [1.807, 2.05) is 0 Å². The van der Waals surface area contributed by atoms with E-state index in [-0.39, 0.29) is 0 Å². The minimum Gasteiger partial charge on any atom is -0.335 e. The molecular formula is C39H68N2. The third-order valence-corrected chi connectivity index (χ3v) is 8.91. The molecule has 0 amide bonds. The van der Waals surface area contributed by atoms with Gasteiger partial charge >= 0.3 is 0 Å². The molecule has 0 saturated heterocycles. The Morgan fingerprint density at radius 1 is 0.463 bits per heavy atom. The lowest BCUT2D eigenvalue weighted by molar-refractivity contribution is 0.514. The van der Waals surface area contributed by atoms with Gasteiger partial charge in [-0.1, -0.05) is 179 Å². The van der Waals surface area contributed by atoms with Crippen LogP contribution >= 0.6 is 0 Å². The topological polar surface area (TPSA) is 17.8 Å². The molecule has 0 atom stereocenters. The molecule has 234 valence electrons. The second-order valence-electron chi connectivity index (χ2n) is 12.9. The van der Waals surface area contributed by atoms with Crippen molar-refractivity contribution in [1.29, 1.82) is 0 Å². The van der Waals surface area contributed by atoms with Crippen molar-refractivity contribution < 1.29 is 0 Å². The van der Waals surface area contributed by atoms with Crippen LogP contribution in [0.2, 0.25) is 0 Å². The van der Waals surface area contributed by atoms with Crippen LogP contribution in [-0.2, 0) is 25.8 Å². The van der Waals surface area contributed by atoms with Gasteiger partial charge in [-0.25, -0.2) is 4.98 Å². The number of aryl methyl sites for hydroxylation is 4. The predicted molar refractivity (Wildman–Crippen MR) is 182 cm³/mol. The van der Waals surface area contributed by atoms with E-state index in [0.717, 1.165) is 25.8 Å². The molecule has 1 heterocycles. The maximum atomic E-state index is 5.13. The standard InChI is InChI=1S/C39H68N2/c1-3-5-7-9-11-12-13-14-15-16-17-18-19-20-21-23-28-35-41-36-38(33-29-32-37-30-25-24-26-31-37)40-39(41)34-27-22-10-8-6-4-2/h24-26,30-31,36H,3-23,27-29,32-35H2,1-2H3. The van der Waals surface area contributed by atoms with E-state index in [1.165, 1.54) is 171 Å². The molecule has 0 fully saturated rings. The van der Waals surface area contributed by atoms with Crippen LogP contribution in [0.15, 0.2) is 36.5 Å². The molecule has 0 aliphatic carbocycles. The van der Waals surface area contributed by atoms with Crippen LogP contribution in [-0.4, -0.2) is 9.55 Å². The lowest BCUT2D eigenvalue weighted by Gasteiger charge is -2.08. The summed E-state index contributed by atoms with van der Waals surface area (Å²) in [5, 5.41) is 0. The quantitative estimate of drug-likeness (QED) is 0.0898. The van der Waals surface area contributed by atoms with E-state index in [9.17, 15) is 0 Å². The lowest BCUT2D eigenvalue weighted by atomic mass is 10.0. The van der Waals surface area contributed by atoms with Gasteiger partial charge in [0.15, 0.2) is 0 Å². The Morgan fingerprint density at radius 2 is 0.927 bits per heavy atom. The summed E-state index contributed by atoms with van der Waals surface area (Å²) in [7, 11) is 0. The fourth-order valence-electron chi connectivity index (χ4n) is 6.22. The van der Waals surface area contributed by atoms with Crippen LogP contribution in [0.3, 0.4) is 0 Å². The highest BCUT2D eigenvalue weighted by Gasteiger charge is 2.08. The normalized spacial score (nSPS) is 11.5. The number of hydrogen-bond acceptors (Lipinski definition) is 1. The van der Waals surface area contributed by atoms with Crippen LogP contribution < -0.4 is 0 Å². The summed E-state index contributed by atoms with van der Waals surface area (Å²) in [6.07, 6.45) is 39.5. The summed E-state index contributed by atoms with van der Waals surface area (Å²) >= 11 is 0. The highest BCUT2D eigenvalue weighted by Crippen LogP contribution is 2.17. The van der Waals surface area contributed by atoms with Gasteiger partial charge in [0, 0.05) is 19.2 Å². The largest absolute Gasteiger partial charge is 0.335 e. The van der Waals surface area contributed by atoms with Gasteiger partial charge in [0.05, 0.1) is 5.69 Å². The van der Waals surface area contributed by atoms with Gasteiger partial charge in [-0.3, -0.25) is 0 Å². The van der Waals surface area contributed by atoms with Gasteiger partial charge in [0.25, 0.3) is 0 Å². The van der Waals surface area contributed by atoms with Gasteiger partial charge in [-0.05, 0) is 37.7 Å². The summed E-state index contributed by atoms with van der Waals surface area (Å²) in [6.45, 7) is 5.77. The first-order valence-corrected chi connectivity index (χ1v) is 18.4. The maximum Gasteiger partial charge on any atom is 0.108 e. The monoisotopic (exact) mass is 565 g/mol. The number of rotatable bonds is 29. The average molecular weight is 565 g/mol. The van der Waals surface area contributed by atoms with Crippen molar-refractivity contribution in [1.82, 2.24) is 9.55 Å². The van der Waals surface area contributed by atoms with Crippen molar-refractivity contribution >= 4 is 0 Å². The van der Waals surface area contributed by atoms with Crippen molar-refractivity contribution in [2.45, 2.75) is 194 Å². The molecule has 0 saturated carbocycles. The van der Waals surface area contributed by atoms with Crippen LogP contribution in [0.4, 0.5) is 0 Å². The van der Waals surface area contributed by atoms with E-state index in [2.05, 4.69) is 54.9 Å². The third kappa shape index (κ3) is 19.3. The summed E-state index contributed by atoms with van der Waals surface area (Å²) in [6, 6.07) is 10.9. The predicted octanol–water partition coefficient (Wildman–Crippen LogP) is 12.6. The zero-order valence-electron chi connectivity index (χ0n) is 27.7. The molecule has 1 aromatic carbocycles. The molecule has 0 aliphatic rings. The van der Waals surface area contributed by atoms with E-state index in [0.29, 0.717) is 0 Å². The lowest BCUT2D eigenvalue weighted by Crippen LogP contribution is -2.03. The molecule has 2 rings (SSSR count). The van der Waals surface area contributed by atoms with Gasteiger partial charge in [-0.2, -0.15) is 0 Å². The molecule has 41 heavy (non-hydrogen) atoms. The minimum atomic E-state index is 1.10. The van der Waals surface area contributed by atoms with Gasteiger partial charge < -0.3 is 4.57 Å². The Labute approximate surface area is 256 Å². The SMILES string of the molecule is CCCCCCCCCCCCCCCCCCCn1cc(CCCc2ccccc2)nc1CCCCCCCC. The molecule has 0 aliphatic heterocycles. The van der Waals surface area contributed by atoms with Crippen LogP contribution in [0.5, 0.6) is 0 Å². The number of aromatic nitrogens is 2. The number of nitrogens with zero attached hydrogens (tertiary/aromatic N) is 2. The van der Waals surface area contributed by atoms with Gasteiger partial charge in [0.1, 0.15) is 5.82 Å². The van der Waals surface area contributed by atoms with Crippen molar-refractivity contribution in [3.63, 3.8) is 0 Å². The van der Waals surface area contributed by atoms with E-state index in [4.69, 9.17) is 4.98 Å². The average Bonchev–Trinajstić information content (AvgIpc) is 3.38. The zero-order chi connectivity index (χ0) is 29.1. The maximum absolute atomic E-state index is 5.13. The number of hydrogen-bond donors (Lipinski definition) is 0. The molecule has 0 unspecified atom stereocenters. The highest BCUT2D eigenvalue weighted by atomic mass is 15.1. The van der Waals surface area contributed by atoms with Crippen LogP contribution in [0.1, 0.15) is 185 Å². The number of imidazole rings is 1. The second kappa shape index (κ2) is 26.1. The molecule has 0 spiro atoms. The Hall–Kier alpha value is -1.57. The Bertz CT molecular complexity index is 808. The molecule has 2 aromatic rings. The summed E-state index contributed by atoms with van der Waals surface area (Å²) in [4.78, 5) is 5.13. The molecular weight excluding hydrogens is 496 g/mol. The first-order chi connectivity index (χ1) is 20.3. The molecule has 0 bridgehead atoms. The molecule has 0 radical (unpaired) electrons. The van der Waals surface area contributed by atoms with Crippen molar-refractivity contribution in [3.8, 4) is 0 Å². The summed E-state index contributed by atoms with van der Waals surface area (Å²) in [5.74, 6) is 1.35. The Morgan fingerprint density at radius 3 is 1.44 bits per heavy atom. The van der Waals surface area contributed by atoms with E-state index in [1.54, 1.807) is 0 Å². The third-order valence-electron chi connectivity index (χ3n) is 8.91. The number of unbranched alkanes of at least 4 members (excludes halogenated alkanes) is 21. The van der Waals surface area contributed by atoms with E-state index < -0.39 is 0 Å². The highest BCUT2D eigenvalue weighted by molar-refractivity contribution is 5.15. The minimum absolute atomic E-state index is 1.10. The van der Waals surface area contributed by atoms with Crippen molar-refractivity contribution in [2.75, 3.05) is 0 Å². The van der Waals surface area contributed by atoms with Crippen molar-refractivity contribution in [2.24, 2.45) is 0 Å². The van der Waals surface area contributed by atoms with Gasteiger partial charge in [0.2, 0.25) is 0 Å². The molecule has 0 N–H and O–H groups in total. The van der Waals surface area contributed by atoms with Gasteiger partial charge in [-0.15, -0.1) is 0 Å².